The fraction of sp³-hybridized carbons (Fsp3) is 0.238. The number of carbonyl (C=O) groups is 3. The Morgan fingerprint density at radius 3 is 1.27 bits per heavy atom. The highest BCUT2D eigenvalue weighted by molar-refractivity contribution is 7.14. The molecule has 3 aliphatic heterocycles. The van der Waals surface area contributed by atoms with Crippen LogP contribution in [0.25, 0.3) is 64.5 Å². The molecule has 0 saturated carbocycles. The summed E-state index contributed by atoms with van der Waals surface area (Å²) in [6.45, 7) is 16.5. The summed E-state index contributed by atoms with van der Waals surface area (Å²) < 4.78 is 6.34. The lowest BCUT2D eigenvalue weighted by Crippen LogP contribution is -2.41. The van der Waals surface area contributed by atoms with E-state index in [4.69, 9.17) is 11.6 Å². The molecule has 0 radical (unpaired) electrons. The number of hydrogen-bond donors (Lipinski definition) is 1. The second-order valence-corrected chi connectivity index (χ2v) is 26.9. The molecule has 446 valence electrons. The Morgan fingerprint density at radius 1 is 0.466 bits per heavy atom. The smallest absolute Gasteiger partial charge is 0.254 e. The molecule has 9 aromatic heterocycles. The Kier molecular flexibility index (Phi) is 18.3. The summed E-state index contributed by atoms with van der Waals surface area (Å²) in [5, 5.41) is 43.9. The maximum atomic E-state index is 13.2. The van der Waals surface area contributed by atoms with Gasteiger partial charge in [-0.25, -0.2) is 15.0 Å². The van der Waals surface area contributed by atoms with Gasteiger partial charge in [-0.3, -0.25) is 14.4 Å². The van der Waals surface area contributed by atoms with Crippen LogP contribution in [0.2, 0.25) is 0 Å². The van der Waals surface area contributed by atoms with Crippen LogP contribution in [0.3, 0.4) is 0 Å². The van der Waals surface area contributed by atoms with Crippen molar-refractivity contribution in [1.82, 2.24) is 74.4 Å². The van der Waals surface area contributed by atoms with Gasteiger partial charge in [0.25, 0.3) is 17.1 Å². The van der Waals surface area contributed by atoms with E-state index in [0.29, 0.717) is 42.9 Å². The quantitative estimate of drug-likeness (QED) is 0.134. The fourth-order valence-electron chi connectivity index (χ4n) is 10.5. The van der Waals surface area contributed by atoms with Crippen molar-refractivity contribution >= 4 is 96.7 Å². The van der Waals surface area contributed by atoms with Gasteiger partial charge in [0.15, 0.2) is 39.1 Å². The van der Waals surface area contributed by atoms with E-state index >= 15 is 0 Å². The lowest BCUT2D eigenvalue weighted by Gasteiger charge is -2.33. The van der Waals surface area contributed by atoms with E-state index in [1.54, 1.807) is 80.2 Å². The third-order valence-corrected chi connectivity index (χ3v) is 20.8. The van der Waals surface area contributed by atoms with Gasteiger partial charge < -0.3 is 28.8 Å². The van der Waals surface area contributed by atoms with E-state index in [1.807, 2.05) is 151 Å². The number of nitrogens with one attached hydrogen (secondary N) is 1. The minimum Gasteiger partial charge on any atom is -0.327 e. The molecule has 3 atom stereocenters. The summed E-state index contributed by atoms with van der Waals surface area (Å²) in [5.41, 5.74) is 8.20. The van der Waals surface area contributed by atoms with Crippen LogP contribution in [0, 0.1) is 20.8 Å². The zero-order valence-corrected chi connectivity index (χ0v) is 54.3. The van der Waals surface area contributed by atoms with Gasteiger partial charge in [-0.2, -0.15) is 0 Å². The average Bonchev–Trinajstić information content (AvgIpc) is 2.71. The van der Waals surface area contributed by atoms with Crippen molar-refractivity contribution in [2.75, 3.05) is 19.6 Å². The topological polar surface area (TPSA) is 201 Å². The molecule has 18 nitrogen and oxygen atoms in total. The van der Waals surface area contributed by atoms with Gasteiger partial charge in [-0.1, -0.05) is 54.6 Å². The maximum Gasteiger partial charge on any atom is 0.254 e. The van der Waals surface area contributed by atoms with E-state index in [1.165, 1.54) is 14.6 Å². The van der Waals surface area contributed by atoms with Gasteiger partial charge in [0.05, 0.1) is 23.1 Å². The second-order valence-electron chi connectivity index (χ2n) is 20.9. The third kappa shape index (κ3) is 12.9. The molecule has 3 aliphatic rings. The Hall–Kier alpha value is -8.07. The zero-order chi connectivity index (χ0) is 61.0. The molecule has 12 heterocycles. The van der Waals surface area contributed by atoms with Gasteiger partial charge in [0.1, 0.15) is 11.5 Å². The summed E-state index contributed by atoms with van der Waals surface area (Å²) in [5.74, 6) is 5.15. The van der Waals surface area contributed by atoms with Crippen LogP contribution < -0.4 is 5.32 Å². The number of halogens is 1. The van der Waals surface area contributed by atoms with E-state index in [2.05, 4.69) is 94.4 Å². The molecule has 15 rings (SSSR count). The lowest BCUT2D eigenvalue weighted by atomic mass is 10.1. The number of thiazole rings is 3. The van der Waals surface area contributed by atoms with Gasteiger partial charge in [-0.05, 0) is 141 Å². The number of fused-ring (bicyclic) bond motifs is 3. The van der Waals surface area contributed by atoms with Crippen molar-refractivity contribution in [2.45, 2.75) is 79.3 Å². The fourth-order valence-corrected chi connectivity index (χ4v) is 15.0. The molecule has 12 aromatic rings. The molecule has 1 N–H and O–H groups in total. The third-order valence-electron chi connectivity index (χ3n) is 15.1. The van der Waals surface area contributed by atoms with Crippen molar-refractivity contribution in [1.29, 1.82) is 0 Å². The number of thiophene rings is 3. The van der Waals surface area contributed by atoms with Crippen LogP contribution in [0.15, 0.2) is 141 Å². The maximum absolute atomic E-state index is 13.2. The van der Waals surface area contributed by atoms with Crippen molar-refractivity contribution < 1.29 is 14.4 Å². The Balaban J connectivity index is 0.000000120. The van der Waals surface area contributed by atoms with Crippen LogP contribution in [0.4, 0.5) is 0 Å². The molecule has 0 aliphatic carbocycles. The van der Waals surface area contributed by atoms with Gasteiger partial charge in [0.2, 0.25) is 0 Å². The normalized spacial score (nSPS) is 15.8. The predicted octanol–water partition coefficient (Wildman–Crippen LogP) is 14.5. The summed E-state index contributed by atoms with van der Waals surface area (Å²) in [4.78, 5) is 58.0. The first-order chi connectivity index (χ1) is 42.8. The molecular weight excluding hydrogens is 1240 g/mol. The SMILES string of the molecule is Cc1csc(-c2nnc3n2CCN(C(=O)c2ccc(-c4cccs4)cc2)C3C)n1.Cc1csc(-c2nnc3n2CCN(C(=O)c2ccc(-c4cccs4)cc2)[C@@H]3C)n1.Cc1nc(-c2nnc3n2CCNC3C)cs1.O=C(Cl)c1ccc(-c2cccs2)cc1. The molecule has 0 spiro atoms. The highest BCUT2D eigenvalue weighted by Gasteiger charge is 2.34. The molecule has 2 amide bonds. The number of nitrogens with zero attached hydrogens (tertiary/aromatic N) is 14. The lowest BCUT2D eigenvalue weighted by molar-refractivity contribution is 0.0631. The van der Waals surface area contributed by atoms with Crippen molar-refractivity contribution in [3.63, 3.8) is 0 Å². The highest BCUT2D eigenvalue weighted by atomic mass is 35.5. The first-order valence-electron chi connectivity index (χ1n) is 28.3. The number of rotatable bonds is 9. The van der Waals surface area contributed by atoms with Gasteiger partial charge in [-0.15, -0.1) is 98.6 Å². The second kappa shape index (κ2) is 26.7. The first-order valence-corrected chi connectivity index (χ1v) is 34.0. The van der Waals surface area contributed by atoms with Crippen molar-refractivity contribution in [2.24, 2.45) is 0 Å². The van der Waals surface area contributed by atoms with E-state index in [-0.39, 0.29) is 29.9 Å². The van der Waals surface area contributed by atoms with Crippen LogP contribution >= 0.6 is 79.6 Å². The van der Waals surface area contributed by atoms with Crippen molar-refractivity contribution in [3.8, 4) is 64.5 Å². The number of benzene rings is 3. The first kappa shape index (κ1) is 60.2. The molecule has 0 saturated heterocycles. The molecule has 25 heteroatoms. The number of amides is 2. The Bertz CT molecular complexity index is 4150. The molecular formula is C63H58ClN15O3S6. The van der Waals surface area contributed by atoms with E-state index in [0.717, 1.165) is 96.8 Å². The van der Waals surface area contributed by atoms with Gasteiger partial charge in [0, 0.05) is 98.1 Å². The van der Waals surface area contributed by atoms with Crippen molar-refractivity contribution in [3.05, 3.63) is 192 Å². The number of hydrogen-bond acceptors (Lipinski definition) is 19. The molecule has 2 unspecified atom stereocenters. The molecule has 3 aromatic carbocycles. The van der Waals surface area contributed by atoms with Gasteiger partial charge >= 0.3 is 0 Å². The minimum atomic E-state index is -0.414. The number of aryl methyl sites for hydroxylation is 3. The number of aromatic nitrogens is 12. The summed E-state index contributed by atoms with van der Waals surface area (Å²) in [6, 6.07) is 35.3. The summed E-state index contributed by atoms with van der Waals surface area (Å²) in [6.07, 6.45) is 0. The molecule has 0 fully saturated rings. The van der Waals surface area contributed by atoms with Crippen LogP contribution in [-0.2, 0) is 19.6 Å². The van der Waals surface area contributed by atoms with E-state index in [9.17, 15) is 14.4 Å². The predicted molar refractivity (Wildman–Crippen MR) is 352 cm³/mol. The summed E-state index contributed by atoms with van der Waals surface area (Å²) in [7, 11) is 0. The standard InChI is InChI=1S/2C21H19N5OS2.C11H7ClOS.C10H13N5S/c2*1-13-12-29-20(22-13)19-24-23-18-14(2)25(9-10-26(18)19)21(27)16-7-5-15(6-8-16)17-4-3-11-28-17;12-11(13)9-5-3-8(4-6-9)10-2-1-7-14-10;1-6-9-13-14-10(15(9)4-3-11-6)8-5-16-7(2)12-8/h2*3-8,11-12,14H,9-10H2,1-2H3;1-7H;5-6,11H,3-4H2,1-2H3/t14-;;;/m1.../s1. The average molecular weight is 1300 g/mol. The molecule has 0 bridgehead atoms. The zero-order valence-electron chi connectivity index (χ0n) is 48.6. The largest absolute Gasteiger partial charge is 0.327 e. The Labute approximate surface area is 536 Å². The van der Waals surface area contributed by atoms with Crippen LogP contribution in [-0.4, -0.2) is 106 Å². The Morgan fingerprint density at radius 2 is 0.886 bits per heavy atom. The summed E-state index contributed by atoms with van der Waals surface area (Å²) >= 11 is 15.2. The highest BCUT2D eigenvalue weighted by Crippen LogP contribution is 2.35. The van der Waals surface area contributed by atoms with E-state index < -0.39 is 5.24 Å². The molecule has 88 heavy (non-hydrogen) atoms. The monoisotopic (exact) mass is 1300 g/mol. The van der Waals surface area contributed by atoms with Crippen LogP contribution in [0.5, 0.6) is 0 Å². The minimum absolute atomic E-state index is 0.0242. The number of carbonyl (C=O) groups excluding carboxylic acids is 3. The van der Waals surface area contributed by atoms with Crippen LogP contribution in [0.1, 0.15) is 104 Å².